The van der Waals surface area contributed by atoms with Crippen molar-refractivity contribution in [3.05, 3.63) is 0 Å². The van der Waals surface area contributed by atoms with E-state index in [-0.39, 0.29) is 0 Å². The highest BCUT2D eigenvalue weighted by Crippen LogP contribution is 2.20. The van der Waals surface area contributed by atoms with Gasteiger partial charge in [-0.25, -0.2) is 0 Å². The van der Waals surface area contributed by atoms with Crippen LogP contribution in [0.5, 0.6) is 0 Å². The van der Waals surface area contributed by atoms with Crippen LogP contribution in [0.25, 0.3) is 0 Å². The second-order valence-corrected chi connectivity index (χ2v) is 8.42. The van der Waals surface area contributed by atoms with Crippen LogP contribution in [0, 0.1) is 0 Å². The molecule has 2 unspecified atom stereocenters. The number of rotatable bonds is 13. The average molecular weight is 291 g/mol. The molecule has 0 radical (unpaired) electrons. The number of unbranched alkanes of at least 4 members (excludes halogenated alkanes) is 4. The van der Waals surface area contributed by atoms with Crippen molar-refractivity contribution in [1.82, 2.24) is 0 Å². The molecule has 0 bridgehead atoms. The summed E-state index contributed by atoms with van der Waals surface area (Å²) in [4.78, 5) is 0. The Kier molecular flexibility index (Phi) is 14.7. The summed E-state index contributed by atoms with van der Waals surface area (Å²) in [5.41, 5.74) is 0. The first-order valence-electron chi connectivity index (χ1n) is 7.93. The minimum Gasteiger partial charge on any atom is -0.159 e. The molecule has 0 N–H and O–H groups in total. The van der Waals surface area contributed by atoms with Gasteiger partial charge in [-0.15, -0.1) is 0 Å². The zero-order valence-electron chi connectivity index (χ0n) is 13.0. The van der Waals surface area contributed by atoms with Gasteiger partial charge >= 0.3 is 0 Å². The van der Waals surface area contributed by atoms with Crippen molar-refractivity contribution in [2.45, 2.75) is 89.6 Å². The standard InChI is InChI=1S/C16H34S2/c1-5-7-13-18-16(4)12-10-8-9-11-14-17-15(3)6-2/h15-16H,5-14H2,1-4H3. The molecule has 0 heterocycles. The second kappa shape index (κ2) is 14.1. The van der Waals surface area contributed by atoms with Gasteiger partial charge in [0, 0.05) is 10.5 Å². The van der Waals surface area contributed by atoms with E-state index < -0.39 is 0 Å². The molecule has 0 aliphatic carbocycles. The highest BCUT2D eigenvalue weighted by molar-refractivity contribution is 8.00. The van der Waals surface area contributed by atoms with Crippen molar-refractivity contribution in [3.8, 4) is 0 Å². The molecule has 0 aromatic rings. The Bertz CT molecular complexity index is 159. The monoisotopic (exact) mass is 290 g/mol. The van der Waals surface area contributed by atoms with E-state index in [4.69, 9.17) is 0 Å². The highest BCUT2D eigenvalue weighted by Gasteiger charge is 2.02. The van der Waals surface area contributed by atoms with E-state index in [1.165, 1.54) is 62.9 Å². The summed E-state index contributed by atoms with van der Waals surface area (Å²) in [5.74, 6) is 2.74. The molecule has 0 spiro atoms. The van der Waals surface area contributed by atoms with Gasteiger partial charge in [0.2, 0.25) is 0 Å². The molecule has 0 saturated carbocycles. The number of hydrogen-bond acceptors (Lipinski definition) is 2. The first-order chi connectivity index (χ1) is 8.70. The van der Waals surface area contributed by atoms with Crippen LogP contribution in [-0.4, -0.2) is 22.0 Å². The van der Waals surface area contributed by atoms with E-state index in [1.54, 1.807) is 0 Å². The molecule has 0 aromatic heterocycles. The van der Waals surface area contributed by atoms with E-state index in [1.807, 2.05) is 0 Å². The van der Waals surface area contributed by atoms with Crippen LogP contribution in [0.1, 0.15) is 79.1 Å². The maximum atomic E-state index is 2.40. The number of thioether (sulfide) groups is 2. The van der Waals surface area contributed by atoms with Crippen LogP contribution >= 0.6 is 23.5 Å². The third-order valence-electron chi connectivity index (χ3n) is 3.38. The molecule has 18 heavy (non-hydrogen) atoms. The predicted molar refractivity (Wildman–Crippen MR) is 92.1 cm³/mol. The molecule has 0 fully saturated rings. The summed E-state index contributed by atoms with van der Waals surface area (Å²) in [5, 5.41) is 1.74. The first kappa shape index (κ1) is 18.7. The summed E-state index contributed by atoms with van der Waals surface area (Å²) in [6.45, 7) is 9.32. The van der Waals surface area contributed by atoms with E-state index in [2.05, 4.69) is 51.2 Å². The van der Waals surface area contributed by atoms with Crippen molar-refractivity contribution >= 4 is 23.5 Å². The van der Waals surface area contributed by atoms with Crippen molar-refractivity contribution in [2.24, 2.45) is 0 Å². The Hall–Kier alpha value is 0.700. The van der Waals surface area contributed by atoms with Crippen LogP contribution < -0.4 is 0 Å². The van der Waals surface area contributed by atoms with Crippen molar-refractivity contribution in [1.29, 1.82) is 0 Å². The largest absolute Gasteiger partial charge is 0.159 e. The molecule has 0 aromatic carbocycles. The Morgan fingerprint density at radius 1 is 0.722 bits per heavy atom. The van der Waals surface area contributed by atoms with Gasteiger partial charge in [-0.2, -0.15) is 23.5 Å². The average Bonchev–Trinajstić information content (AvgIpc) is 2.37. The quantitative estimate of drug-likeness (QED) is 0.360. The van der Waals surface area contributed by atoms with E-state index in [9.17, 15) is 0 Å². The molecule has 0 aliphatic heterocycles. The van der Waals surface area contributed by atoms with Gasteiger partial charge in [0.25, 0.3) is 0 Å². The predicted octanol–water partition coefficient (Wildman–Crippen LogP) is 6.39. The topological polar surface area (TPSA) is 0 Å². The van der Waals surface area contributed by atoms with Crippen LogP contribution in [0.15, 0.2) is 0 Å². The molecule has 0 aliphatic rings. The normalized spacial score (nSPS) is 14.7. The summed E-state index contributed by atoms with van der Waals surface area (Å²) in [6, 6.07) is 0. The van der Waals surface area contributed by atoms with Gasteiger partial charge in [-0.1, -0.05) is 53.4 Å². The zero-order chi connectivity index (χ0) is 13.6. The third kappa shape index (κ3) is 13.1. The molecule has 0 rings (SSSR count). The minimum atomic E-state index is 0.861. The van der Waals surface area contributed by atoms with Crippen molar-refractivity contribution < 1.29 is 0 Å². The molecule has 2 heteroatoms. The fraction of sp³-hybridized carbons (Fsp3) is 1.00. The lowest BCUT2D eigenvalue weighted by atomic mass is 10.1. The van der Waals surface area contributed by atoms with Gasteiger partial charge in [0.15, 0.2) is 0 Å². The van der Waals surface area contributed by atoms with Crippen LogP contribution in [-0.2, 0) is 0 Å². The van der Waals surface area contributed by atoms with Crippen LogP contribution in [0.3, 0.4) is 0 Å². The number of hydrogen-bond donors (Lipinski definition) is 0. The summed E-state index contributed by atoms with van der Waals surface area (Å²) in [6.07, 6.45) is 11.2. The van der Waals surface area contributed by atoms with E-state index in [0.29, 0.717) is 0 Å². The lowest BCUT2D eigenvalue weighted by Gasteiger charge is -2.11. The van der Waals surface area contributed by atoms with Crippen molar-refractivity contribution in [3.63, 3.8) is 0 Å². The van der Waals surface area contributed by atoms with Crippen LogP contribution in [0.2, 0.25) is 0 Å². The van der Waals surface area contributed by atoms with E-state index >= 15 is 0 Å². The molecule has 0 nitrogen and oxygen atoms in total. The maximum Gasteiger partial charge on any atom is 0.00187 e. The summed E-state index contributed by atoms with van der Waals surface area (Å²) < 4.78 is 0. The maximum absolute atomic E-state index is 2.40. The molecule has 0 saturated heterocycles. The fourth-order valence-electron chi connectivity index (χ4n) is 1.80. The van der Waals surface area contributed by atoms with Gasteiger partial charge in [-0.3, -0.25) is 0 Å². The van der Waals surface area contributed by atoms with Gasteiger partial charge in [0.05, 0.1) is 0 Å². The van der Waals surface area contributed by atoms with Gasteiger partial charge in [-0.05, 0) is 37.2 Å². The Balaban J connectivity index is 3.14. The van der Waals surface area contributed by atoms with Gasteiger partial charge < -0.3 is 0 Å². The molecule has 110 valence electrons. The third-order valence-corrected chi connectivity index (χ3v) is 6.14. The minimum absolute atomic E-state index is 0.861. The summed E-state index contributed by atoms with van der Waals surface area (Å²) >= 11 is 4.32. The molecule has 0 amide bonds. The van der Waals surface area contributed by atoms with E-state index in [0.717, 1.165) is 10.5 Å². The fourth-order valence-corrected chi connectivity index (χ4v) is 4.00. The lowest BCUT2D eigenvalue weighted by molar-refractivity contribution is 0.632. The first-order valence-corrected chi connectivity index (χ1v) is 10.0. The van der Waals surface area contributed by atoms with Gasteiger partial charge in [0.1, 0.15) is 0 Å². The lowest BCUT2D eigenvalue weighted by Crippen LogP contribution is -1.98. The van der Waals surface area contributed by atoms with Crippen LogP contribution in [0.4, 0.5) is 0 Å². The zero-order valence-corrected chi connectivity index (χ0v) is 14.7. The smallest absolute Gasteiger partial charge is 0.00187 e. The molecular formula is C16H34S2. The molecule has 2 atom stereocenters. The summed E-state index contributed by atoms with van der Waals surface area (Å²) in [7, 11) is 0. The molecular weight excluding hydrogens is 256 g/mol. The SMILES string of the molecule is CCCCSC(C)CCCCCCSC(C)CC. The Labute approximate surface area is 124 Å². The Morgan fingerprint density at radius 2 is 1.33 bits per heavy atom. The highest BCUT2D eigenvalue weighted by atomic mass is 32.2. The van der Waals surface area contributed by atoms with Crippen molar-refractivity contribution in [2.75, 3.05) is 11.5 Å². The second-order valence-electron chi connectivity index (χ2n) is 5.33. The Morgan fingerprint density at radius 3 is 2.00 bits per heavy atom.